The van der Waals surface area contributed by atoms with Crippen molar-refractivity contribution in [3.05, 3.63) is 29.6 Å². The highest BCUT2D eigenvalue weighted by Gasteiger charge is 2.16. The summed E-state index contributed by atoms with van der Waals surface area (Å²) in [4.78, 5) is 30.4. The van der Waals surface area contributed by atoms with Gasteiger partial charge >= 0.3 is 0 Å². The van der Waals surface area contributed by atoms with Crippen LogP contribution in [-0.2, 0) is 4.79 Å². The second-order valence-electron chi connectivity index (χ2n) is 4.11. The van der Waals surface area contributed by atoms with Gasteiger partial charge in [0.15, 0.2) is 0 Å². The molecule has 1 aromatic rings. The molecule has 0 bridgehead atoms. The Labute approximate surface area is 101 Å². The number of carbonyl (C=O) groups is 2. The number of nitrogens with zero attached hydrogens (tertiary/aromatic N) is 3. The fourth-order valence-corrected chi connectivity index (χ4v) is 1.27. The number of carbonyl (C=O) groups excluding carboxylic acids is 2. The lowest BCUT2D eigenvalue weighted by Crippen LogP contribution is -2.38. The smallest absolute Gasteiger partial charge is 0.272 e. The van der Waals surface area contributed by atoms with Crippen molar-refractivity contribution in [1.29, 1.82) is 0 Å². The van der Waals surface area contributed by atoms with Gasteiger partial charge in [0.25, 0.3) is 5.91 Å². The van der Waals surface area contributed by atoms with Gasteiger partial charge in [-0.25, -0.2) is 4.98 Å². The molecule has 1 aromatic heterocycles. The van der Waals surface area contributed by atoms with Crippen molar-refractivity contribution in [3.8, 4) is 0 Å². The second-order valence-corrected chi connectivity index (χ2v) is 4.11. The molecule has 0 unspecified atom stereocenters. The third-order valence-corrected chi connectivity index (χ3v) is 2.33. The first-order valence-corrected chi connectivity index (χ1v) is 5.31. The summed E-state index contributed by atoms with van der Waals surface area (Å²) in [5.74, 6) is -0.364. The Bertz CT molecular complexity index is 430. The lowest BCUT2D eigenvalue weighted by atomic mass is 10.3. The highest BCUT2D eigenvalue weighted by Crippen LogP contribution is 2.02. The number of likely N-dealkylation sites (N-methyl/N-ethyl adjacent to an activating group) is 2. The van der Waals surface area contributed by atoms with Crippen LogP contribution < -0.4 is 0 Å². The number of hydrogen-bond acceptors (Lipinski definition) is 3. The molecular weight excluding hydrogens is 218 g/mol. The molecule has 0 radical (unpaired) electrons. The van der Waals surface area contributed by atoms with Gasteiger partial charge in [0.05, 0.1) is 6.54 Å². The van der Waals surface area contributed by atoms with Gasteiger partial charge in [-0.2, -0.15) is 0 Å². The molecule has 0 N–H and O–H groups in total. The fourth-order valence-electron chi connectivity index (χ4n) is 1.27. The fraction of sp³-hybridized carbons (Fsp3) is 0.417. The van der Waals surface area contributed by atoms with E-state index >= 15 is 0 Å². The molecule has 0 aliphatic heterocycles. The van der Waals surface area contributed by atoms with E-state index < -0.39 is 0 Å². The Kier molecular flexibility index (Phi) is 4.20. The molecule has 0 fully saturated rings. The van der Waals surface area contributed by atoms with Crippen molar-refractivity contribution in [3.63, 3.8) is 0 Å². The van der Waals surface area contributed by atoms with Crippen molar-refractivity contribution in [2.24, 2.45) is 0 Å². The third kappa shape index (κ3) is 3.55. The summed E-state index contributed by atoms with van der Waals surface area (Å²) in [5, 5.41) is 0. The zero-order valence-electron chi connectivity index (χ0n) is 10.6. The highest BCUT2D eigenvalue weighted by atomic mass is 16.2. The molecule has 0 aromatic carbocycles. The Morgan fingerprint density at radius 1 is 1.24 bits per heavy atom. The normalized spacial score (nSPS) is 9.88. The van der Waals surface area contributed by atoms with Gasteiger partial charge in [-0.3, -0.25) is 9.59 Å². The monoisotopic (exact) mass is 235 g/mol. The van der Waals surface area contributed by atoms with Gasteiger partial charge in [0.1, 0.15) is 5.69 Å². The standard InChI is InChI=1S/C12H17N3O2/c1-9-6-5-7-10(13-9)12(17)15(4)8-11(16)14(2)3/h5-7H,8H2,1-4H3. The summed E-state index contributed by atoms with van der Waals surface area (Å²) in [6.45, 7) is 1.88. The molecule has 2 amide bonds. The van der Waals surface area contributed by atoms with E-state index in [1.165, 1.54) is 9.80 Å². The van der Waals surface area contributed by atoms with E-state index in [2.05, 4.69) is 4.98 Å². The van der Waals surface area contributed by atoms with E-state index in [1.54, 1.807) is 33.3 Å². The summed E-state index contributed by atoms with van der Waals surface area (Å²) in [6.07, 6.45) is 0. The SMILES string of the molecule is Cc1cccc(C(=O)N(C)CC(=O)N(C)C)n1. The average Bonchev–Trinajstić information content (AvgIpc) is 2.27. The van der Waals surface area contributed by atoms with E-state index in [0.29, 0.717) is 5.69 Å². The minimum atomic E-state index is -0.246. The minimum absolute atomic E-state index is 0.0570. The van der Waals surface area contributed by atoms with Crippen LogP contribution in [0.15, 0.2) is 18.2 Å². The summed E-state index contributed by atoms with van der Waals surface area (Å²) in [5.41, 5.74) is 1.14. The Morgan fingerprint density at radius 2 is 1.88 bits per heavy atom. The lowest BCUT2D eigenvalue weighted by Gasteiger charge is -2.18. The molecule has 1 rings (SSSR count). The Morgan fingerprint density at radius 3 is 2.41 bits per heavy atom. The lowest BCUT2D eigenvalue weighted by molar-refractivity contribution is -0.129. The van der Waals surface area contributed by atoms with Gasteiger partial charge in [-0.15, -0.1) is 0 Å². The van der Waals surface area contributed by atoms with Crippen molar-refractivity contribution in [2.75, 3.05) is 27.7 Å². The second kappa shape index (κ2) is 5.43. The molecule has 0 atom stereocenters. The molecule has 0 aliphatic carbocycles. The number of amides is 2. The van der Waals surface area contributed by atoms with Gasteiger partial charge in [0.2, 0.25) is 5.91 Å². The number of pyridine rings is 1. The van der Waals surface area contributed by atoms with Crippen molar-refractivity contribution in [2.45, 2.75) is 6.92 Å². The predicted octanol–water partition coefficient (Wildman–Crippen LogP) is 0.550. The van der Waals surface area contributed by atoms with E-state index in [-0.39, 0.29) is 18.4 Å². The maximum absolute atomic E-state index is 11.9. The third-order valence-electron chi connectivity index (χ3n) is 2.33. The van der Waals surface area contributed by atoms with Gasteiger partial charge in [0, 0.05) is 26.8 Å². The van der Waals surface area contributed by atoms with Crippen LogP contribution in [0.4, 0.5) is 0 Å². The van der Waals surface area contributed by atoms with Crippen LogP contribution in [0.1, 0.15) is 16.2 Å². The molecule has 0 aliphatic rings. The summed E-state index contributed by atoms with van der Waals surface area (Å²) in [7, 11) is 4.91. The number of rotatable bonds is 3. The highest BCUT2D eigenvalue weighted by molar-refractivity contribution is 5.94. The van der Waals surface area contributed by atoms with E-state index in [4.69, 9.17) is 0 Å². The molecule has 0 saturated heterocycles. The van der Waals surface area contributed by atoms with Crippen LogP contribution in [0.2, 0.25) is 0 Å². The molecule has 1 heterocycles. The molecule has 17 heavy (non-hydrogen) atoms. The molecule has 5 nitrogen and oxygen atoms in total. The van der Waals surface area contributed by atoms with Gasteiger partial charge in [-0.05, 0) is 19.1 Å². The van der Waals surface area contributed by atoms with E-state index in [0.717, 1.165) is 5.69 Å². The summed E-state index contributed by atoms with van der Waals surface area (Å²) in [6, 6.07) is 5.24. The zero-order valence-corrected chi connectivity index (χ0v) is 10.6. The molecular formula is C12H17N3O2. The first-order chi connectivity index (χ1) is 7.91. The zero-order chi connectivity index (χ0) is 13.0. The van der Waals surface area contributed by atoms with Crippen LogP contribution in [-0.4, -0.2) is 54.3 Å². The Balaban J connectivity index is 2.73. The topological polar surface area (TPSA) is 53.5 Å². The van der Waals surface area contributed by atoms with Crippen LogP contribution in [0.3, 0.4) is 0 Å². The van der Waals surface area contributed by atoms with Crippen LogP contribution >= 0.6 is 0 Å². The maximum atomic E-state index is 11.9. The van der Waals surface area contributed by atoms with E-state index in [1.807, 2.05) is 13.0 Å². The van der Waals surface area contributed by atoms with Gasteiger partial charge < -0.3 is 9.80 Å². The maximum Gasteiger partial charge on any atom is 0.272 e. The molecule has 5 heteroatoms. The average molecular weight is 235 g/mol. The predicted molar refractivity (Wildman–Crippen MR) is 64.6 cm³/mol. The summed E-state index contributed by atoms with van der Waals surface area (Å²) < 4.78 is 0. The first-order valence-electron chi connectivity index (χ1n) is 5.31. The molecule has 0 saturated carbocycles. The van der Waals surface area contributed by atoms with Crippen molar-refractivity contribution < 1.29 is 9.59 Å². The number of aryl methyl sites for hydroxylation is 1. The van der Waals surface area contributed by atoms with Crippen molar-refractivity contribution >= 4 is 11.8 Å². The van der Waals surface area contributed by atoms with E-state index in [9.17, 15) is 9.59 Å². The van der Waals surface area contributed by atoms with Crippen LogP contribution in [0.5, 0.6) is 0 Å². The van der Waals surface area contributed by atoms with Gasteiger partial charge in [-0.1, -0.05) is 6.07 Å². The minimum Gasteiger partial charge on any atom is -0.347 e. The number of aromatic nitrogens is 1. The van der Waals surface area contributed by atoms with Crippen molar-refractivity contribution in [1.82, 2.24) is 14.8 Å². The number of hydrogen-bond donors (Lipinski definition) is 0. The quantitative estimate of drug-likeness (QED) is 0.768. The Hall–Kier alpha value is -1.91. The first kappa shape index (κ1) is 13.2. The largest absolute Gasteiger partial charge is 0.347 e. The molecule has 0 spiro atoms. The van der Waals surface area contributed by atoms with Crippen LogP contribution in [0, 0.1) is 6.92 Å². The summed E-state index contributed by atoms with van der Waals surface area (Å²) >= 11 is 0. The molecule has 92 valence electrons. The van der Waals surface area contributed by atoms with Crippen LogP contribution in [0.25, 0.3) is 0 Å².